The van der Waals surface area contributed by atoms with E-state index >= 15 is 0 Å². The predicted molar refractivity (Wildman–Crippen MR) is 86.2 cm³/mol. The van der Waals surface area contributed by atoms with Gasteiger partial charge in [0.1, 0.15) is 17.9 Å². The van der Waals surface area contributed by atoms with Crippen LogP contribution < -0.4 is 10.1 Å². The van der Waals surface area contributed by atoms with Crippen LogP contribution in [0.2, 0.25) is 0 Å². The SMILES string of the molecule is CCCNc1ncnc(Oc2cccc(C)c2)c1C(C)C. The number of hydrogen-bond donors (Lipinski definition) is 1. The molecule has 0 fully saturated rings. The monoisotopic (exact) mass is 285 g/mol. The van der Waals surface area contributed by atoms with Gasteiger partial charge in [0.15, 0.2) is 0 Å². The average Bonchev–Trinajstić information content (AvgIpc) is 2.45. The van der Waals surface area contributed by atoms with Crippen LogP contribution in [0.1, 0.15) is 44.2 Å². The van der Waals surface area contributed by atoms with Gasteiger partial charge in [0.2, 0.25) is 5.88 Å². The molecule has 4 heteroatoms. The Hall–Kier alpha value is -2.10. The minimum atomic E-state index is 0.283. The molecule has 0 amide bonds. The number of aryl methyl sites for hydroxylation is 1. The van der Waals surface area contributed by atoms with Crippen molar-refractivity contribution >= 4 is 5.82 Å². The number of benzene rings is 1. The van der Waals surface area contributed by atoms with E-state index in [1.54, 1.807) is 6.33 Å². The van der Waals surface area contributed by atoms with Gasteiger partial charge in [-0.15, -0.1) is 0 Å². The number of nitrogens with zero attached hydrogens (tertiary/aromatic N) is 2. The van der Waals surface area contributed by atoms with Crippen molar-refractivity contribution in [2.45, 2.75) is 40.0 Å². The Morgan fingerprint density at radius 3 is 2.71 bits per heavy atom. The lowest BCUT2D eigenvalue weighted by molar-refractivity contribution is 0.451. The van der Waals surface area contributed by atoms with Gasteiger partial charge in [0, 0.05) is 6.54 Å². The van der Waals surface area contributed by atoms with Crippen molar-refractivity contribution in [2.24, 2.45) is 0 Å². The van der Waals surface area contributed by atoms with Gasteiger partial charge in [-0.05, 0) is 37.0 Å². The average molecular weight is 285 g/mol. The van der Waals surface area contributed by atoms with E-state index in [-0.39, 0.29) is 5.92 Å². The minimum absolute atomic E-state index is 0.283. The molecule has 4 nitrogen and oxygen atoms in total. The van der Waals surface area contributed by atoms with Gasteiger partial charge < -0.3 is 10.1 Å². The molecule has 2 aromatic rings. The summed E-state index contributed by atoms with van der Waals surface area (Å²) in [7, 11) is 0. The van der Waals surface area contributed by atoms with E-state index in [2.05, 4.69) is 36.1 Å². The van der Waals surface area contributed by atoms with Crippen molar-refractivity contribution in [1.29, 1.82) is 0 Å². The molecule has 0 spiro atoms. The highest BCUT2D eigenvalue weighted by Gasteiger charge is 2.16. The first-order valence-electron chi connectivity index (χ1n) is 7.45. The third kappa shape index (κ3) is 3.94. The number of hydrogen-bond acceptors (Lipinski definition) is 4. The van der Waals surface area contributed by atoms with E-state index in [1.165, 1.54) is 0 Å². The molecule has 0 aliphatic rings. The molecule has 0 radical (unpaired) electrons. The maximum absolute atomic E-state index is 5.98. The van der Waals surface area contributed by atoms with Crippen molar-refractivity contribution in [3.63, 3.8) is 0 Å². The summed E-state index contributed by atoms with van der Waals surface area (Å²) in [5.74, 6) is 2.58. The zero-order valence-corrected chi connectivity index (χ0v) is 13.2. The fraction of sp³-hybridized carbons (Fsp3) is 0.412. The lowest BCUT2D eigenvalue weighted by Gasteiger charge is -2.17. The van der Waals surface area contributed by atoms with Crippen LogP contribution in [0.25, 0.3) is 0 Å². The first-order chi connectivity index (χ1) is 10.1. The fourth-order valence-corrected chi connectivity index (χ4v) is 2.16. The lowest BCUT2D eigenvalue weighted by Crippen LogP contribution is -2.08. The van der Waals surface area contributed by atoms with Crippen molar-refractivity contribution in [2.75, 3.05) is 11.9 Å². The summed E-state index contributed by atoms with van der Waals surface area (Å²) in [6.07, 6.45) is 2.60. The molecule has 112 valence electrons. The van der Waals surface area contributed by atoms with Crippen LogP contribution in [-0.2, 0) is 0 Å². The molecule has 0 aliphatic carbocycles. The number of anilines is 1. The number of aromatic nitrogens is 2. The Morgan fingerprint density at radius 2 is 2.05 bits per heavy atom. The second kappa shape index (κ2) is 7.07. The topological polar surface area (TPSA) is 47.0 Å². The number of ether oxygens (including phenoxy) is 1. The van der Waals surface area contributed by atoms with Crippen molar-refractivity contribution in [3.05, 3.63) is 41.7 Å². The summed E-state index contributed by atoms with van der Waals surface area (Å²) >= 11 is 0. The Bertz CT molecular complexity index is 596. The molecular weight excluding hydrogens is 262 g/mol. The first kappa shape index (κ1) is 15.3. The van der Waals surface area contributed by atoms with E-state index in [1.807, 2.05) is 31.2 Å². The molecule has 0 saturated carbocycles. The van der Waals surface area contributed by atoms with Crippen LogP contribution >= 0.6 is 0 Å². The zero-order chi connectivity index (χ0) is 15.2. The summed E-state index contributed by atoms with van der Waals surface area (Å²) in [4.78, 5) is 8.68. The number of rotatable bonds is 6. The highest BCUT2D eigenvalue weighted by Crippen LogP contribution is 2.33. The van der Waals surface area contributed by atoms with Gasteiger partial charge in [-0.1, -0.05) is 32.9 Å². The van der Waals surface area contributed by atoms with Crippen LogP contribution in [0.5, 0.6) is 11.6 Å². The second-order valence-corrected chi connectivity index (χ2v) is 5.44. The summed E-state index contributed by atoms with van der Waals surface area (Å²) in [6, 6.07) is 7.98. The molecule has 1 aromatic heterocycles. The van der Waals surface area contributed by atoms with Gasteiger partial charge in [-0.25, -0.2) is 9.97 Å². The van der Waals surface area contributed by atoms with Gasteiger partial charge in [0.05, 0.1) is 5.56 Å². The summed E-state index contributed by atoms with van der Waals surface area (Å²) in [6.45, 7) is 9.32. The first-order valence-corrected chi connectivity index (χ1v) is 7.45. The van der Waals surface area contributed by atoms with Crippen LogP contribution in [-0.4, -0.2) is 16.5 Å². The Kier molecular flexibility index (Phi) is 5.14. The molecule has 2 rings (SSSR count). The molecule has 1 heterocycles. The maximum Gasteiger partial charge on any atom is 0.227 e. The molecule has 0 aliphatic heterocycles. The Balaban J connectivity index is 2.33. The van der Waals surface area contributed by atoms with Crippen LogP contribution in [0.15, 0.2) is 30.6 Å². The molecule has 21 heavy (non-hydrogen) atoms. The van der Waals surface area contributed by atoms with E-state index in [4.69, 9.17) is 4.74 Å². The van der Waals surface area contributed by atoms with Gasteiger partial charge in [-0.2, -0.15) is 0 Å². The molecule has 0 unspecified atom stereocenters. The quantitative estimate of drug-likeness (QED) is 0.847. The molecule has 0 atom stereocenters. The van der Waals surface area contributed by atoms with E-state index in [0.29, 0.717) is 5.88 Å². The predicted octanol–water partition coefficient (Wildman–Crippen LogP) is 4.52. The van der Waals surface area contributed by atoms with E-state index in [0.717, 1.165) is 35.7 Å². The van der Waals surface area contributed by atoms with Crippen LogP contribution in [0, 0.1) is 6.92 Å². The highest BCUT2D eigenvalue weighted by atomic mass is 16.5. The van der Waals surface area contributed by atoms with Crippen LogP contribution in [0.3, 0.4) is 0 Å². The van der Waals surface area contributed by atoms with E-state index < -0.39 is 0 Å². The molecule has 1 N–H and O–H groups in total. The largest absolute Gasteiger partial charge is 0.439 e. The van der Waals surface area contributed by atoms with Crippen molar-refractivity contribution in [1.82, 2.24) is 9.97 Å². The van der Waals surface area contributed by atoms with Crippen LogP contribution in [0.4, 0.5) is 5.82 Å². The minimum Gasteiger partial charge on any atom is -0.439 e. The smallest absolute Gasteiger partial charge is 0.227 e. The Labute approximate surface area is 126 Å². The fourth-order valence-electron chi connectivity index (χ4n) is 2.16. The third-order valence-corrected chi connectivity index (χ3v) is 3.17. The zero-order valence-electron chi connectivity index (χ0n) is 13.2. The third-order valence-electron chi connectivity index (χ3n) is 3.17. The van der Waals surface area contributed by atoms with Gasteiger partial charge in [0.25, 0.3) is 0 Å². The molecule has 0 saturated heterocycles. The molecule has 0 bridgehead atoms. The van der Waals surface area contributed by atoms with Crippen molar-refractivity contribution < 1.29 is 4.74 Å². The van der Waals surface area contributed by atoms with E-state index in [9.17, 15) is 0 Å². The lowest BCUT2D eigenvalue weighted by atomic mass is 10.1. The summed E-state index contributed by atoms with van der Waals surface area (Å²) < 4.78 is 5.98. The second-order valence-electron chi connectivity index (χ2n) is 5.44. The number of nitrogens with one attached hydrogen (secondary N) is 1. The molecule has 1 aromatic carbocycles. The molecular formula is C17H23N3O. The van der Waals surface area contributed by atoms with Gasteiger partial charge in [-0.3, -0.25) is 0 Å². The maximum atomic E-state index is 5.98. The Morgan fingerprint density at radius 1 is 1.24 bits per heavy atom. The van der Waals surface area contributed by atoms with Gasteiger partial charge >= 0.3 is 0 Å². The highest BCUT2D eigenvalue weighted by molar-refractivity contribution is 5.51. The summed E-state index contributed by atoms with van der Waals surface area (Å²) in [5, 5.41) is 3.35. The normalized spacial score (nSPS) is 10.7. The summed E-state index contributed by atoms with van der Waals surface area (Å²) in [5.41, 5.74) is 2.18. The van der Waals surface area contributed by atoms with Crippen molar-refractivity contribution in [3.8, 4) is 11.6 Å². The standard InChI is InChI=1S/C17H23N3O/c1-5-9-18-16-15(12(2)3)17(20-11-19-16)21-14-8-6-7-13(4)10-14/h6-8,10-12H,5,9H2,1-4H3,(H,18,19,20).